The first-order valence-electron chi connectivity index (χ1n) is 4.24. The third-order valence-electron chi connectivity index (χ3n) is 3.19. The fourth-order valence-corrected chi connectivity index (χ4v) is 2.24. The van der Waals surface area contributed by atoms with Crippen LogP contribution in [0.3, 0.4) is 0 Å². The lowest BCUT2D eigenvalue weighted by Gasteiger charge is -2.44. The van der Waals surface area contributed by atoms with Crippen molar-refractivity contribution in [3.05, 3.63) is 23.8 Å². The van der Waals surface area contributed by atoms with Crippen molar-refractivity contribution >= 4 is 5.97 Å². The minimum Gasteiger partial charge on any atom is -0.478 e. The third kappa shape index (κ3) is 0.840. The van der Waals surface area contributed by atoms with Gasteiger partial charge in [0.25, 0.3) is 0 Å². The fraction of sp³-hybridized carbons (Fsp3) is 0.500. The van der Waals surface area contributed by atoms with Gasteiger partial charge in [0.1, 0.15) is 0 Å². The van der Waals surface area contributed by atoms with E-state index in [1.54, 1.807) is 0 Å². The zero-order valence-electron chi connectivity index (χ0n) is 7.08. The van der Waals surface area contributed by atoms with E-state index < -0.39 is 5.97 Å². The summed E-state index contributed by atoms with van der Waals surface area (Å²) < 4.78 is 0. The van der Waals surface area contributed by atoms with Crippen LogP contribution >= 0.6 is 0 Å². The van der Waals surface area contributed by atoms with Crippen LogP contribution in [0.5, 0.6) is 0 Å². The number of carbonyl (C=O) groups is 1. The van der Waals surface area contributed by atoms with Crippen LogP contribution in [-0.2, 0) is 4.79 Å². The molecule has 0 aromatic heterocycles. The molecule has 1 saturated carbocycles. The standard InChI is InChI=1S/C10H12O2/c1-10-4-2-3-7(10)5-8(10)6-9(11)12/h2,4,6-7H,3,5H2,1H3,(H,11,12)/b8-6-/t7-,10-/m0/s1. The van der Waals surface area contributed by atoms with Gasteiger partial charge in [-0.15, -0.1) is 0 Å². The molecule has 0 bridgehead atoms. The normalized spacial score (nSPS) is 41.1. The van der Waals surface area contributed by atoms with Crippen molar-refractivity contribution < 1.29 is 9.90 Å². The molecule has 0 aromatic carbocycles. The molecule has 64 valence electrons. The van der Waals surface area contributed by atoms with Crippen LogP contribution in [0.25, 0.3) is 0 Å². The molecule has 1 fully saturated rings. The maximum Gasteiger partial charge on any atom is 0.328 e. The van der Waals surface area contributed by atoms with Gasteiger partial charge < -0.3 is 5.11 Å². The van der Waals surface area contributed by atoms with Gasteiger partial charge in [-0.05, 0) is 18.8 Å². The third-order valence-corrected chi connectivity index (χ3v) is 3.19. The summed E-state index contributed by atoms with van der Waals surface area (Å²) in [6.45, 7) is 2.12. The number of allylic oxidation sites excluding steroid dienone is 3. The van der Waals surface area contributed by atoms with Crippen LogP contribution in [-0.4, -0.2) is 11.1 Å². The molecule has 2 aliphatic carbocycles. The van der Waals surface area contributed by atoms with E-state index in [4.69, 9.17) is 5.11 Å². The Hall–Kier alpha value is -1.05. The quantitative estimate of drug-likeness (QED) is 0.475. The molecule has 0 radical (unpaired) electrons. The van der Waals surface area contributed by atoms with E-state index in [0.717, 1.165) is 18.4 Å². The zero-order chi connectivity index (χ0) is 8.77. The molecule has 2 aliphatic rings. The first-order valence-corrected chi connectivity index (χ1v) is 4.24. The predicted molar refractivity (Wildman–Crippen MR) is 45.7 cm³/mol. The largest absolute Gasteiger partial charge is 0.478 e. The highest BCUT2D eigenvalue weighted by molar-refractivity contribution is 5.81. The molecule has 0 aliphatic heterocycles. The van der Waals surface area contributed by atoms with Gasteiger partial charge in [0.15, 0.2) is 0 Å². The molecule has 2 heteroatoms. The zero-order valence-corrected chi connectivity index (χ0v) is 7.08. The van der Waals surface area contributed by atoms with Gasteiger partial charge in [-0.25, -0.2) is 4.79 Å². The number of hydrogen-bond acceptors (Lipinski definition) is 1. The lowest BCUT2D eigenvalue weighted by molar-refractivity contribution is -0.131. The molecule has 0 saturated heterocycles. The van der Waals surface area contributed by atoms with Crippen molar-refractivity contribution in [1.29, 1.82) is 0 Å². The number of carboxylic acids is 1. The number of hydrogen-bond donors (Lipinski definition) is 1. The van der Waals surface area contributed by atoms with Crippen molar-refractivity contribution in [3.63, 3.8) is 0 Å². The molecule has 2 atom stereocenters. The van der Waals surface area contributed by atoms with Gasteiger partial charge in [0.2, 0.25) is 0 Å². The molecular formula is C10H12O2. The first-order chi connectivity index (χ1) is 5.63. The lowest BCUT2D eigenvalue weighted by atomic mass is 9.59. The Labute approximate surface area is 71.6 Å². The summed E-state index contributed by atoms with van der Waals surface area (Å²) in [6, 6.07) is 0. The summed E-state index contributed by atoms with van der Waals surface area (Å²) in [5.74, 6) is -0.145. The highest BCUT2D eigenvalue weighted by atomic mass is 16.4. The van der Waals surface area contributed by atoms with E-state index in [2.05, 4.69) is 19.1 Å². The van der Waals surface area contributed by atoms with E-state index in [1.807, 2.05) is 0 Å². The highest BCUT2D eigenvalue weighted by Gasteiger charge is 2.47. The smallest absolute Gasteiger partial charge is 0.328 e. The van der Waals surface area contributed by atoms with Crippen molar-refractivity contribution in [1.82, 2.24) is 0 Å². The molecule has 2 nitrogen and oxygen atoms in total. The Morgan fingerprint density at radius 2 is 2.58 bits per heavy atom. The summed E-state index contributed by atoms with van der Waals surface area (Å²) in [5, 5.41) is 8.58. The second kappa shape index (κ2) is 2.22. The molecule has 0 unspecified atom stereocenters. The minimum atomic E-state index is -0.815. The van der Waals surface area contributed by atoms with E-state index in [0.29, 0.717) is 5.92 Å². The topological polar surface area (TPSA) is 37.3 Å². The molecule has 1 N–H and O–H groups in total. The maximum absolute atomic E-state index is 10.4. The van der Waals surface area contributed by atoms with Crippen molar-refractivity contribution in [3.8, 4) is 0 Å². The summed E-state index contributed by atoms with van der Waals surface area (Å²) in [6.07, 6.45) is 7.76. The van der Waals surface area contributed by atoms with Gasteiger partial charge in [0, 0.05) is 11.5 Å². The maximum atomic E-state index is 10.4. The number of rotatable bonds is 1. The molecule has 0 heterocycles. The van der Waals surface area contributed by atoms with Gasteiger partial charge in [0.05, 0.1) is 0 Å². The van der Waals surface area contributed by atoms with Crippen molar-refractivity contribution in [2.75, 3.05) is 0 Å². The van der Waals surface area contributed by atoms with Crippen molar-refractivity contribution in [2.45, 2.75) is 19.8 Å². The molecule has 12 heavy (non-hydrogen) atoms. The first kappa shape index (κ1) is 7.59. The fourth-order valence-electron chi connectivity index (χ4n) is 2.24. The lowest BCUT2D eigenvalue weighted by Crippen LogP contribution is -2.35. The average Bonchev–Trinajstić information content (AvgIpc) is 2.26. The summed E-state index contributed by atoms with van der Waals surface area (Å²) in [5.41, 5.74) is 1.16. The van der Waals surface area contributed by atoms with Crippen LogP contribution in [0.1, 0.15) is 19.8 Å². The molecular weight excluding hydrogens is 152 g/mol. The Bertz CT molecular complexity index is 288. The SMILES string of the molecule is C[C@]12C=CC[C@H]1C/C2=C/C(=O)O. The van der Waals surface area contributed by atoms with Gasteiger partial charge in [-0.2, -0.15) is 0 Å². The number of carboxylic acid groups (broad SMARTS) is 1. The summed E-state index contributed by atoms with van der Waals surface area (Å²) >= 11 is 0. The van der Waals surface area contributed by atoms with Crippen molar-refractivity contribution in [2.24, 2.45) is 11.3 Å². The highest BCUT2D eigenvalue weighted by Crippen LogP contribution is 2.57. The van der Waals surface area contributed by atoms with E-state index in [1.165, 1.54) is 6.08 Å². The van der Waals surface area contributed by atoms with E-state index >= 15 is 0 Å². The molecule has 2 rings (SSSR count). The number of aliphatic carboxylic acids is 1. The Morgan fingerprint density at radius 3 is 3.17 bits per heavy atom. The average molecular weight is 164 g/mol. The van der Waals surface area contributed by atoms with Crippen LogP contribution in [0.15, 0.2) is 23.8 Å². The van der Waals surface area contributed by atoms with E-state index in [-0.39, 0.29) is 5.41 Å². The Morgan fingerprint density at radius 1 is 1.83 bits per heavy atom. The molecule has 0 amide bonds. The summed E-state index contributed by atoms with van der Waals surface area (Å²) in [4.78, 5) is 10.4. The molecule has 0 spiro atoms. The van der Waals surface area contributed by atoms with Gasteiger partial charge in [-0.1, -0.05) is 24.6 Å². The monoisotopic (exact) mass is 164 g/mol. The summed E-state index contributed by atoms with van der Waals surface area (Å²) in [7, 11) is 0. The second-order valence-corrected chi connectivity index (χ2v) is 3.83. The molecule has 0 aromatic rings. The Kier molecular flexibility index (Phi) is 1.40. The Balaban J connectivity index is 2.24. The minimum absolute atomic E-state index is 0.0817. The number of fused-ring (bicyclic) bond motifs is 1. The predicted octanol–water partition coefficient (Wildman–Crippen LogP) is 1.98. The second-order valence-electron chi connectivity index (χ2n) is 3.83. The van der Waals surface area contributed by atoms with Gasteiger partial charge >= 0.3 is 5.97 Å². The van der Waals surface area contributed by atoms with Crippen LogP contribution in [0.4, 0.5) is 0 Å². The van der Waals surface area contributed by atoms with Gasteiger partial charge in [-0.3, -0.25) is 0 Å². The van der Waals surface area contributed by atoms with E-state index in [9.17, 15) is 4.79 Å². The van der Waals surface area contributed by atoms with Crippen LogP contribution in [0.2, 0.25) is 0 Å². The van der Waals surface area contributed by atoms with Crippen LogP contribution < -0.4 is 0 Å². The van der Waals surface area contributed by atoms with Crippen LogP contribution in [0, 0.1) is 11.3 Å².